The van der Waals surface area contributed by atoms with Crippen molar-refractivity contribution in [3.05, 3.63) is 28.8 Å². The van der Waals surface area contributed by atoms with Gasteiger partial charge < -0.3 is 10.1 Å². The van der Waals surface area contributed by atoms with E-state index in [1.165, 1.54) is 23.5 Å². The first-order valence-electron chi connectivity index (χ1n) is 8.32. The molecule has 7 nitrogen and oxygen atoms in total. The predicted molar refractivity (Wildman–Crippen MR) is 99.7 cm³/mol. The molecule has 1 N–H and O–H groups in total. The van der Waals surface area contributed by atoms with Crippen LogP contribution in [-0.4, -0.2) is 50.8 Å². The van der Waals surface area contributed by atoms with Crippen LogP contribution < -0.4 is 5.32 Å². The van der Waals surface area contributed by atoms with Crippen LogP contribution in [0, 0.1) is 0 Å². The minimum Gasteiger partial charge on any atom is -0.452 e. The smallest absolute Gasteiger partial charge is 0.340 e. The van der Waals surface area contributed by atoms with Gasteiger partial charge in [0.05, 0.1) is 15.5 Å². The molecular weight excluding hydrogens is 380 g/mol. The molecule has 1 amide bonds. The number of nitrogens with zero attached hydrogens (tertiary/aromatic N) is 1. The van der Waals surface area contributed by atoms with Gasteiger partial charge in [-0.05, 0) is 38.5 Å². The monoisotopic (exact) mass is 404 g/mol. The number of benzene rings is 1. The van der Waals surface area contributed by atoms with Crippen molar-refractivity contribution < 1.29 is 22.7 Å². The van der Waals surface area contributed by atoms with Gasteiger partial charge in [0.2, 0.25) is 10.0 Å². The van der Waals surface area contributed by atoms with Crippen LogP contribution >= 0.6 is 11.6 Å². The minimum absolute atomic E-state index is 0.0486. The fraction of sp³-hybridized carbons (Fsp3) is 0.529. The Balaban J connectivity index is 2.90. The molecule has 1 aromatic carbocycles. The van der Waals surface area contributed by atoms with Crippen molar-refractivity contribution in [1.29, 1.82) is 0 Å². The van der Waals surface area contributed by atoms with Gasteiger partial charge >= 0.3 is 5.97 Å². The van der Waals surface area contributed by atoms with E-state index in [2.05, 4.69) is 5.32 Å². The highest BCUT2D eigenvalue weighted by molar-refractivity contribution is 7.89. The molecule has 0 aliphatic heterocycles. The number of halogens is 1. The second-order valence-corrected chi connectivity index (χ2v) is 8.44. The first-order valence-corrected chi connectivity index (χ1v) is 10.1. The molecule has 0 unspecified atom stereocenters. The summed E-state index contributed by atoms with van der Waals surface area (Å²) in [7, 11) is -2.32. The Bertz CT molecular complexity index is 750. The Kier molecular flexibility index (Phi) is 8.52. The van der Waals surface area contributed by atoms with Crippen LogP contribution in [0.15, 0.2) is 23.1 Å². The maximum atomic E-state index is 12.5. The van der Waals surface area contributed by atoms with E-state index in [1.54, 1.807) is 13.8 Å². The third-order valence-corrected chi connectivity index (χ3v) is 6.11. The number of amides is 1. The van der Waals surface area contributed by atoms with Gasteiger partial charge in [-0.1, -0.05) is 24.9 Å². The highest BCUT2D eigenvalue weighted by Crippen LogP contribution is 2.24. The molecule has 0 fully saturated rings. The number of rotatable bonds is 9. The highest BCUT2D eigenvalue weighted by atomic mass is 35.5. The van der Waals surface area contributed by atoms with Gasteiger partial charge in [-0.2, -0.15) is 4.31 Å². The van der Waals surface area contributed by atoms with Crippen molar-refractivity contribution in [3.8, 4) is 0 Å². The molecule has 146 valence electrons. The normalized spacial score (nSPS) is 11.7. The number of unbranched alkanes of at least 4 members (excludes halogenated alkanes) is 1. The molecule has 26 heavy (non-hydrogen) atoms. The van der Waals surface area contributed by atoms with Gasteiger partial charge in [0.1, 0.15) is 0 Å². The number of nitrogens with one attached hydrogen (secondary N) is 1. The summed E-state index contributed by atoms with van der Waals surface area (Å²) in [6.45, 7) is 5.51. The topological polar surface area (TPSA) is 92.8 Å². The molecule has 9 heteroatoms. The number of esters is 1. The van der Waals surface area contributed by atoms with Crippen LogP contribution in [0.3, 0.4) is 0 Å². The number of carbonyl (C=O) groups is 2. The van der Waals surface area contributed by atoms with E-state index in [9.17, 15) is 18.0 Å². The fourth-order valence-corrected chi connectivity index (χ4v) is 3.52. The zero-order valence-corrected chi connectivity index (χ0v) is 17.0. The second kappa shape index (κ2) is 9.89. The number of hydrogen-bond acceptors (Lipinski definition) is 5. The molecule has 0 saturated carbocycles. The van der Waals surface area contributed by atoms with Crippen LogP contribution in [0.2, 0.25) is 5.02 Å². The number of hydrogen-bond donors (Lipinski definition) is 1. The Labute approximate surface area is 159 Å². The average Bonchev–Trinajstić information content (AvgIpc) is 2.59. The maximum Gasteiger partial charge on any atom is 0.340 e. The molecule has 0 aliphatic rings. The quantitative estimate of drug-likeness (QED) is 0.504. The lowest BCUT2D eigenvalue weighted by Gasteiger charge is -2.21. The van der Waals surface area contributed by atoms with E-state index in [-0.39, 0.29) is 21.5 Å². The third-order valence-electron chi connectivity index (χ3n) is 3.75. The molecule has 0 heterocycles. The zero-order valence-electron chi connectivity index (χ0n) is 15.4. The summed E-state index contributed by atoms with van der Waals surface area (Å²) < 4.78 is 31.2. The van der Waals surface area contributed by atoms with Crippen molar-refractivity contribution >= 4 is 33.5 Å². The van der Waals surface area contributed by atoms with Gasteiger partial charge in [-0.3, -0.25) is 4.79 Å². The largest absolute Gasteiger partial charge is 0.452 e. The molecule has 0 spiro atoms. The van der Waals surface area contributed by atoms with E-state index < -0.39 is 28.5 Å². The summed E-state index contributed by atoms with van der Waals surface area (Å²) in [6, 6.07) is 3.55. The van der Waals surface area contributed by atoms with Gasteiger partial charge in [0, 0.05) is 19.6 Å². The van der Waals surface area contributed by atoms with Crippen molar-refractivity contribution in [2.75, 3.05) is 20.2 Å². The summed E-state index contributed by atoms with van der Waals surface area (Å²) in [5, 5.41) is 2.66. The Hall–Kier alpha value is -1.64. The lowest BCUT2D eigenvalue weighted by atomic mass is 10.2. The molecule has 0 aromatic heterocycles. The van der Waals surface area contributed by atoms with Crippen molar-refractivity contribution in [3.63, 3.8) is 0 Å². The molecular formula is C17H25ClN2O5S. The Morgan fingerprint density at radius 3 is 2.54 bits per heavy atom. The minimum atomic E-state index is -3.77. The van der Waals surface area contributed by atoms with Crippen molar-refractivity contribution in [2.45, 2.75) is 44.6 Å². The van der Waals surface area contributed by atoms with Crippen LogP contribution in [0.4, 0.5) is 0 Å². The summed E-state index contributed by atoms with van der Waals surface area (Å²) in [5.41, 5.74) is -0.105. The standard InChI is InChI=1S/C17H25ClN2O5S/c1-5-6-9-19-16(21)11-25-17(22)14-10-13(7-8-15(14)18)26(23,24)20(4)12(2)3/h7-8,10,12H,5-6,9,11H2,1-4H3,(H,19,21). The Morgan fingerprint density at radius 1 is 1.31 bits per heavy atom. The Morgan fingerprint density at radius 2 is 1.96 bits per heavy atom. The molecule has 0 saturated heterocycles. The number of carbonyl (C=O) groups excluding carboxylic acids is 2. The molecule has 1 aromatic rings. The van der Waals surface area contributed by atoms with E-state index in [1.807, 2.05) is 6.92 Å². The van der Waals surface area contributed by atoms with Crippen LogP contribution in [-0.2, 0) is 19.6 Å². The maximum absolute atomic E-state index is 12.5. The van der Waals surface area contributed by atoms with E-state index >= 15 is 0 Å². The SMILES string of the molecule is CCCCNC(=O)COC(=O)c1cc(S(=O)(=O)N(C)C(C)C)ccc1Cl. The van der Waals surface area contributed by atoms with Gasteiger partial charge in [-0.15, -0.1) is 0 Å². The second-order valence-electron chi connectivity index (χ2n) is 6.04. The summed E-state index contributed by atoms with van der Waals surface area (Å²) >= 11 is 5.99. The molecule has 0 bridgehead atoms. The van der Waals surface area contributed by atoms with Gasteiger partial charge in [0.25, 0.3) is 5.91 Å². The fourth-order valence-electron chi connectivity index (χ4n) is 1.93. The first-order chi connectivity index (χ1) is 12.1. The molecule has 0 atom stereocenters. The molecule has 1 rings (SSSR count). The van der Waals surface area contributed by atoms with Crippen LogP contribution in [0.25, 0.3) is 0 Å². The van der Waals surface area contributed by atoms with E-state index in [0.29, 0.717) is 6.54 Å². The van der Waals surface area contributed by atoms with Gasteiger partial charge in [-0.25, -0.2) is 13.2 Å². The average molecular weight is 405 g/mol. The molecule has 0 radical (unpaired) electrons. The van der Waals surface area contributed by atoms with Crippen LogP contribution in [0.1, 0.15) is 44.0 Å². The summed E-state index contributed by atoms with van der Waals surface area (Å²) in [6.07, 6.45) is 1.76. The van der Waals surface area contributed by atoms with Crippen molar-refractivity contribution in [2.24, 2.45) is 0 Å². The first kappa shape index (κ1) is 22.4. The molecule has 0 aliphatic carbocycles. The highest BCUT2D eigenvalue weighted by Gasteiger charge is 2.25. The van der Waals surface area contributed by atoms with E-state index in [4.69, 9.17) is 16.3 Å². The predicted octanol–water partition coefficient (Wildman–Crippen LogP) is 2.44. The summed E-state index contributed by atoms with van der Waals surface area (Å²) in [4.78, 5) is 23.7. The summed E-state index contributed by atoms with van der Waals surface area (Å²) in [5.74, 6) is -1.28. The number of ether oxygens (including phenoxy) is 1. The third kappa shape index (κ3) is 5.96. The number of sulfonamides is 1. The van der Waals surface area contributed by atoms with Gasteiger partial charge in [0.15, 0.2) is 6.61 Å². The van der Waals surface area contributed by atoms with Crippen molar-refractivity contribution in [1.82, 2.24) is 9.62 Å². The lowest BCUT2D eigenvalue weighted by molar-refractivity contribution is -0.124. The van der Waals surface area contributed by atoms with Crippen LogP contribution in [0.5, 0.6) is 0 Å². The van der Waals surface area contributed by atoms with E-state index in [0.717, 1.165) is 18.9 Å². The zero-order chi connectivity index (χ0) is 19.9. The lowest BCUT2D eigenvalue weighted by Crippen LogP contribution is -2.33.